The maximum absolute atomic E-state index is 13.3. The van der Waals surface area contributed by atoms with Crippen LogP contribution in [0.25, 0.3) is 0 Å². The second kappa shape index (κ2) is 5.26. The first-order valence-electron chi connectivity index (χ1n) is 7.45. The van der Waals surface area contributed by atoms with Gasteiger partial charge in [0.25, 0.3) is 0 Å². The SMILES string of the molecule is CNC1CC(C)(C)Cc2c1cnn2Cc1cccc(F)c1. The van der Waals surface area contributed by atoms with E-state index in [2.05, 4.69) is 24.3 Å². The minimum absolute atomic E-state index is 0.193. The Hall–Kier alpha value is -1.68. The number of hydrogen-bond acceptors (Lipinski definition) is 2. The van der Waals surface area contributed by atoms with Crippen molar-refractivity contribution in [1.82, 2.24) is 15.1 Å². The molecule has 3 nitrogen and oxygen atoms in total. The average Bonchev–Trinajstić information content (AvgIpc) is 2.80. The van der Waals surface area contributed by atoms with Gasteiger partial charge in [-0.05, 0) is 43.0 Å². The lowest BCUT2D eigenvalue weighted by Gasteiger charge is -2.35. The molecule has 1 heterocycles. The summed E-state index contributed by atoms with van der Waals surface area (Å²) in [4.78, 5) is 0. The van der Waals surface area contributed by atoms with Gasteiger partial charge in [0.05, 0.1) is 12.7 Å². The summed E-state index contributed by atoms with van der Waals surface area (Å²) >= 11 is 0. The molecule has 0 saturated carbocycles. The maximum Gasteiger partial charge on any atom is 0.123 e. The number of rotatable bonds is 3. The number of halogens is 1. The fourth-order valence-corrected chi connectivity index (χ4v) is 3.30. The van der Waals surface area contributed by atoms with Crippen molar-refractivity contribution in [1.29, 1.82) is 0 Å². The molecule has 1 atom stereocenters. The molecule has 4 heteroatoms. The molecule has 1 aromatic carbocycles. The molecule has 1 aromatic heterocycles. The van der Waals surface area contributed by atoms with Crippen LogP contribution in [-0.2, 0) is 13.0 Å². The molecule has 21 heavy (non-hydrogen) atoms. The molecule has 1 N–H and O–H groups in total. The second-order valence-electron chi connectivity index (χ2n) is 6.72. The van der Waals surface area contributed by atoms with E-state index in [1.54, 1.807) is 12.1 Å². The topological polar surface area (TPSA) is 29.9 Å². The van der Waals surface area contributed by atoms with Crippen molar-refractivity contribution in [2.75, 3.05) is 7.05 Å². The van der Waals surface area contributed by atoms with E-state index in [-0.39, 0.29) is 11.2 Å². The number of fused-ring (bicyclic) bond motifs is 1. The van der Waals surface area contributed by atoms with Crippen LogP contribution in [0.2, 0.25) is 0 Å². The Bertz CT molecular complexity index is 645. The summed E-state index contributed by atoms with van der Waals surface area (Å²) in [5.41, 5.74) is 3.76. The number of hydrogen-bond donors (Lipinski definition) is 1. The van der Waals surface area contributed by atoms with Crippen LogP contribution in [0.3, 0.4) is 0 Å². The van der Waals surface area contributed by atoms with Gasteiger partial charge in [0.2, 0.25) is 0 Å². The third-order valence-corrected chi connectivity index (χ3v) is 4.33. The van der Waals surface area contributed by atoms with Gasteiger partial charge in [-0.2, -0.15) is 5.10 Å². The fourth-order valence-electron chi connectivity index (χ4n) is 3.30. The van der Waals surface area contributed by atoms with E-state index >= 15 is 0 Å². The quantitative estimate of drug-likeness (QED) is 0.938. The Balaban J connectivity index is 1.94. The van der Waals surface area contributed by atoms with Crippen molar-refractivity contribution < 1.29 is 4.39 Å². The van der Waals surface area contributed by atoms with Crippen LogP contribution in [0, 0.1) is 11.2 Å². The van der Waals surface area contributed by atoms with Crippen molar-refractivity contribution in [3.8, 4) is 0 Å². The van der Waals surface area contributed by atoms with Gasteiger partial charge in [0.1, 0.15) is 5.82 Å². The summed E-state index contributed by atoms with van der Waals surface area (Å²) in [6.45, 7) is 5.21. The highest BCUT2D eigenvalue weighted by Gasteiger charge is 2.34. The van der Waals surface area contributed by atoms with Crippen LogP contribution in [-0.4, -0.2) is 16.8 Å². The summed E-state index contributed by atoms with van der Waals surface area (Å²) in [5, 5.41) is 7.93. The summed E-state index contributed by atoms with van der Waals surface area (Å²) in [6, 6.07) is 7.10. The number of nitrogens with one attached hydrogen (secondary N) is 1. The van der Waals surface area contributed by atoms with Gasteiger partial charge in [0, 0.05) is 17.3 Å². The molecule has 0 aliphatic heterocycles. The first-order chi connectivity index (χ1) is 9.98. The minimum Gasteiger partial charge on any atom is -0.313 e. The monoisotopic (exact) mass is 287 g/mol. The molecule has 112 valence electrons. The lowest BCUT2D eigenvalue weighted by molar-refractivity contribution is 0.258. The van der Waals surface area contributed by atoms with Gasteiger partial charge in [-0.15, -0.1) is 0 Å². The Morgan fingerprint density at radius 3 is 2.95 bits per heavy atom. The highest BCUT2D eigenvalue weighted by atomic mass is 19.1. The molecule has 3 rings (SSSR count). The lowest BCUT2D eigenvalue weighted by Crippen LogP contribution is -2.32. The van der Waals surface area contributed by atoms with Crippen molar-refractivity contribution in [2.24, 2.45) is 5.41 Å². The van der Waals surface area contributed by atoms with Crippen LogP contribution in [0.1, 0.15) is 43.1 Å². The Kier molecular flexibility index (Phi) is 3.57. The highest BCUT2D eigenvalue weighted by molar-refractivity contribution is 5.28. The molecule has 1 aliphatic carbocycles. The van der Waals surface area contributed by atoms with Gasteiger partial charge in [-0.3, -0.25) is 4.68 Å². The largest absolute Gasteiger partial charge is 0.313 e. The fraction of sp³-hybridized carbons (Fsp3) is 0.471. The van der Waals surface area contributed by atoms with Crippen molar-refractivity contribution in [3.05, 3.63) is 53.1 Å². The van der Waals surface area contributed by atoms with Crippen LogP contribution < -0.4 is 5.32 Å². The van der Waals surface area contributed by atoms with Crippen LogP contribution in [0.15, 0.2) is 30.5 Å². The van der Waals surface area contributed by atoms with E-state index in [1.165, 1.54) is 17.3 Å². The third-order valence-electron chi connectivity index (χ3n) is 4.33. The Labute approximate surface area is 125 Å². The molecule has 2 aromatic rings. The van der Waals surface area contributed by atoms with Crippen LogP contribution in [0.5, 0.6) is 0 Å². The third kappa shape index (κ3) is 2.86. The predicted molar refractivity (Wildman–Crippen MR) is 81.6 cm³/mol. The molecule has 0 spiro atoms. The molecule has 0 fully saturated rings. The second-order valence-corrected chi connectivity index (χ2v) is 6.72. The zero-order chi connectivity index (χ0) is 15.0. The van der Waals surface area contributed by atoms with E-state index in [1.807, 2.05) is 24.0 Å². The first-order valence-corrected chi connectivity index (χ1v) is 7.45. The molecule has 1 unspecified atom stereocenters. The van der Waals surface area contributed by atoms with Crippen molar-refractivity contribution in [2.45, 2.75) is 39.3 Å². The lowest BCUT2D eigenvalue weighted by atomic mass is 9.74. The summed E-state index contributed by atoms with van der Waals surface area (Å²) < 4.78 is 15.4. The molecule has 0 saturated heterocycles. The molecule has 0 bridgehead atoms. The highest BCUT2D eigenvalue weighted by Crippen LogP contribution is 2.40. The number of nitrogens with zero attached hydrogens (tertiary/aromatic N) is 2. The van der Waals surface area contributed by atoms with E-state index in [0.717, 1.165) is 18.4 Å². The smallest absolute Gasteiger partial charge is 0.123 e. The average molecular weight is 287 g/mol. The van der Waals surface area contributed by atoms with Crippen molar-refractivity contribution >= 4 is 0 Å². The van der Waals surface area contributed by atoms with Gasteiger partial charge >= 0.3 is 0 Å². The minimum atomic E-state index is -0.193. The molecular weight excluding hydrogens is 265 g/mol. The van der Waals surface area contributed by atoms with Gasteiger partial charge in [-0.25, -0.2) is 4.39 Å². The van der Waals surface area contributed by atoms with E-state index < -0.39 is 0 Å². The summed E-state index contributed by atoms with van der Waals surface area (Å²) in [6.07, 6.45) is 4.09. The van der Waals surface area contributed by atoms with Crippen LogP contribution in [0.4, 0.5) is 4.39 Å². The molecule has 0 radical (unpaired) electrons. The Morgan fingerprint density at radius 1 is 1.43 bits per heavy atom. The predicted octanol–water partition coefficient (Wildman–Crippen LogP) is 3.30. The maximum atomic E-state index is 13.3. The van der Waals surface area contributed by atoms with E-state index in [0.29, 0.717) is 12.6 Å². The molecular formula is C17H22FN3. The summed E-state index contributed by atoms with van der Waals surface area (Å²) in [5.74, 6) is -0.193. The number of aromatic nitrogens is 2. The summed E-state index contributed by atoms with van der Waals surface area (Å²) in [7, 11) is 2.00. The number of benzene rings is 1. The molecule has 1 aliphatic rings. The first kappa shape index (κ1) is 14.3. The van der Waals surface area contributed by atoms with Crippen LogP contribution >= 0.6 is 0 Å². The Morgan fingerprint density at radius 2 is 2.24 bits per heavy atom. The van der Waals surface area contributed by atoms with E-state index in [9.17, 15) is 4.39 Å². The molecule has 0 amide bonds. The standard InChI is InChI=1S/C17H22FN3/c1-17(2)8-15(19-3)14-10-20-21(16(14)9-17)11-12-5-4-6-13(18)7-12/h4-7,10,15,19H,8-9,11H2,1-3H3. The van der Waals surface area contributed by atoms with Gasteiger partial charge in [0.15, 0.2) is 0 Å². The zero-order valence-corrected chi connectivity index (χ0v) is 12.9. The van der Waals surface area contributed by atoms with Gasteiger partial charge < -0.3 is 5.32 Å². The van der Waals surface area contributed by atoms with Crippen molar-refractivity contribution in [3.63, 3.8) is 0 Å². The zero-order valence-electron chi connectivity index (χ0n) is 12.9. The normalized spacial score (nSPS) is 20.3. The van der Waals surface area contributed by atoms with E-state index in [4.69, 9.17) is 0 Å². The van der Waals surface area contributed by atoms with Gasteiger partial charge in [-0.1, -0.05) is 26.0 Å².